The van der Waals surface area contributed by atoms with Gasteiger partial charge in [-0.15, -0.1) is 0 Å². The van der Waals surface area contributed by atoms with Crippen LogP contribution in [0.2, 0.25) is 0 Å². The van der Waals surface area contributed by atoms with Gasteiger partial charge in [-0.2, -0.15) is 5.26 Å². The molecule has 0 fully saturated rings. The van der Waals surface area contributed by atoms with Crippen molar-refractivity contribution in [2.75, 3.05) is 12.4 Å². The van der Waals surface area contributed by atoms with Gasteiger partial charge in [0.05, 0.1) is 11.6 Å². The van der Waals surface area contributed by atoms with Gasteiger partial charge in [0, 0.05) is 15.7 Å². The van der Waals surface area contributed by atoms with Gasteiger partial charge >= 0.3 is 0 Å². The van der Waals surface area contributed by atoms with Crippen LogP contribution in [0.4, 0.5) is 10.1 Å². The van der Waals surface area contributed by atoms with Crippen LogP contribution in [0.5, 0.6) is 11.5 Å². The highest BCUT2D eigenvalue weighted by Gasteiger charge is 2.15. The van der Waals surface area contributed by atoms with Gasteiger partial charge in [-0.25, -0.2) is 4.39 Å². The average Bonchev–Trinajstić information content (AvgIpc) is 2.77. The van der Waals surface area contributed by atoms with E-state index in [0.29, 0.717) is 32.8 Å². The van der Waals surface area contributed by atoms with E-state index in [0.717, 1.165) is 4.47 Å². The molecule has 0 aliphatic carbocycles. The Balaban J connectivity index is 1.83. The fourth-order valence-corrected chi connectivity index (χ4v) is 3.78. The molecule has 162 valence electrons. The van der Waals surface area contributed by atoms with E-state index in [1.54, 1.807) is 48.5 Å². The van der Waals surface area contributed by atoms with Crippen LogP contribution in [0.15, 0.2) is 75.2 Å². The number of benzene rings is 3. The van der Waals surface area contributed by atoms with Crippen LogP contribution in [-0.4, -0.2) is 13.0 Å². The van der Waals surface area contributed by atoms with Crippen molar-refractivity contribution in [1.82, 2.24) is 0 Å². The molecule has 0 aromatic heterocycles. The minimum Gasteiger partial charge on any atom is -0.493 e. The molecule has 0 saturated carbocycles. The van der Waals surface area contributed by atoms with Crippen molar-refractivity contribution in [3.8, 4) is 17.6 Å². The first-order chi connectivity index (χ1) is 15.4. The second-order valence-electron chi connectivity index (χ2n) is 6.55. The number of halogens is 3. The highest BCUT2D eigenvalue weighted by atomic mass is 79.9. The zero-order chi connectivity index (χ0) is 23.1. The zero-order valence-corrected chi connectivity index (χ0v) is 20.0. The van der Waals surface area contributed by atoms with Crippen LogP contribution in [0.25, 0.3) is 6.08 Å². The van der Waals surface area contributed by atoms with Crippen molar-refractivity contribution in [2.24, 2.45) is 0 Å². The van der Waals surface area contributed by atoms with Crippen molar-refractivity contribution >= 4 is 49.5 Å². The quantitative estimate of drug-likeness (QED) is 0.265. The molecule has 0 aliphatic heterocycles. The van der Waals surface area contributed by atoms with Gasteiger partial charge in [0.1, 0.15) is 24.1 Å². The summed E-state index contributed by atoms with van der Waals surface area (Å²) in [6, 6.07) is 18.6. The molecule has 0 saturated heterocycles. The molecule has 0 aliphatic rings. The summed E-state index contributed by atoms with van der Waals surface area (Å²) in [6.45, 7) is 0.00923. The first-order valence-electron chi connectivity index (χ1n) is 9.33. The Kier molecular flexibility index (Phi) is 8.03. The number of hydrogen-bond donors (Lipinski definition) is 1. The summed E-state index contributed by atoms with van der Waals surface area (Å²) in [4.78, 5) is 12.5. The van der Waals surface area contributed by atoms with Gasteiger partial charge in [0.2, 0.25) is 0 Å². The number of amides is 1. The lowest BCUT2D eigenvalue weighted by atomic mass is 10.1. The molecule has 0 atom stereocenters. The molecule has 8 heteroatoms. The van der Waals surface area contributed by atoms with Crippen molar-refractivity contribution in [2.45, 2.75) is 6.61 Å². The number of hydrogen-bond acceptors (Lipinski definition) is 4. The summed E-state index contributed by atoms with van der Waals surface area (Å²) >= 11 is 6.76. The number of nitrogens with zero attached hydrogens (tertiary/aromatic N) is 1. The molecular formula is C24H17Br2FN2O3. The van der Waals surface area contributed by atoms with Crippen LogP contribution in [0.1, 0.15) is 11.1 Å². The average molecular weight is 560 g/mol. The largest absolute Gasteiger partial charge is 0.493 e. The smallest absolute Gasteiger partial charge is 0.266 e. The predicted octanol–water partition coefficient (Wildman–Crippen LogP) is 6.48. The van der Waals surface area contributed by atoms with E-state index in [1.807, 2.05) is 12.1 Å². The van der Waals surface area contributed by atoms with Crippen LogP contribution in [0.3, 0.4) is 0 Å². The van der Waals surface area contributed by atoms with Crippen molar-refractivity contribution in [1.29, 1.82) is 5.26 Å². The number of nitrogens with one attached hydrogen (secondary N) is 1. The van der Waals surface area contributed by atoms with E-state index in [1.165, 1.54) is 19.3 Å². The number of carbonyl (C=O) groups excluding carboxylic acids is 1. The predicted molar refractivity (Wildman–Crippen MR) is 128 cm³/mol. The third kappa shape index (κ3) is 5.96. The van der Waals surface area contributed by atoms with Crippen molar-refractivity contribution in [3.63, 3.8) is 0 Å². The number of methoxy groups -OCH3 is 1. The highest BCUT2D eigenvalue weighted by Crippen LogP contribution is 2.38. The van der Waals surface area contributed by atoms with E-state index < -0.39 is 5.91 Å². The lowest BCUT2D eigenvalue weighted by Crippen LogP contribution is -2.13. The number of ether oxygens (including phenoxy) is 2. The van der Waals surface area contributed by atoms with Crippen LogP contribution >= 0.6 is 31.9 Å². The normalized spacial score (nSPS) is 10.9. The van der Waals surface area contributed by atoms with Gasteiger partial charge in [0.15, 0.2) is 11.5 Å². The van der Waals surface area contributed by atoms with E-state index in [-0.39, 0.29) is 18.0 Å². The van der Waals surface area contributed by atoms with Crippen molar-refractivity contribution < 1.29 is 18.7 Å². The fourth-order valence-electron chi connectivity index (χ4n) is 2.81. The molecule has 0 radical (unpaired) electrons. The third-order valence-electron chi connectivity index (χ3n) is 4.34. The summed E-state index contributed by atoms with van der Waals surface area (Å²) < 4.78 is 26.4. The second kappa shape index (κ2) is 10.9. The molecule has 3 aromatic carbocycles. The molecule has 0 unspecified atom stereocenters. The molecule has 3 aromatic rings. The van der Waals surface area contributed by atoms with Gasteiger partial charge in [-0.1, -0.05) is 40.2 Å². The van der Waals surface area contributed by atoms with Crippen LogP contribution in [0, 0.1) is 17.1 Å². The minimum atomic E-state index is -0.541. The number of anilines is 1. The Bertz CT molecular complexity index is 1220. The lowest BCUT2D eigenvalue weighted by molar-refractivity contribution is -0.112. The molecule has 3 rings (SSSR count). The minimum absolute atomic E-state index is 0.00923. The number of rotatable bonds is 7. The summed E-state index contributed by atoms with van der Waals surface area (Å²) in [5, 5.41) is 12.2. The van der Waals surface area contributed by atoms with E-state index in [2.05, 4.69) is 37.2 Å². The maximum atomic E-state index is 13.9. The maximum Gasteiger partial charge on any atom is 0.266 e. The maximum absolute atomic E-state index is 13.9. The molecular weight excluding hydrogens is 543 g/mol. The van der Waals surface area contributed by atoms with Gasteiger partial charge < -0.3 is 14.8 Å². The molecule has 0 spiro atoms. The Morgan fingerprint density at radius 3 is 2.62 bits per heavy atom. The summed E-state index contributed by atoms with van der Waals surface area (Å²) in [5.41, 5.74) is 1.43. The number of carbonyl (C=O) groups is 1. The summed E-state index contributed by atoms with van der Waals surface area (Å²) in [5.74, 6) is -0.158. The zero-order valence-electron chi connectivity index (χ0n) is 16.9. The Morgan fingerprint density at radius 2 is 1.94 bits per heavy atom. The highest BCUT2D eigenvalue weighted by molar-refractivity contribution is 9.10. The van der Waals surface area contributed by atoms with E-state index in [9.17, 15) is 14.4 Å². The van der Waals surface area contributed by atoms with Crippen molar-refractivity contribution in [3.05, 3.63) is 92.1 Å². The van der Waals surface area contributed by atoms with Gasteiger partial charge in [0.25, 0.3) is 5.91 Å². The van der Waals surface area contributed by atoms with Gasteiger partial charge in [-0.05, 0) is 64.0 Å². The first kappa shape index (κ1) is 23.5. The monoisotopic (exact) mass is 558 g/mol. The SMILES string of the molecule is COc1cc(/C=C(/C#N)C(=O)Nc2cccc(Br)c2)cc(Br)c1OCc1ccccc1F. The molecule has 0 heterocycles. The molecule has 0 bridgehead atoms. The van der Waals surface area contributed by atoms with E-state index in [4.69, 9.17) is 9.47 Å². The lowest BCUT2D eigenvalue weighted by Gasteiger charge is -2.14. The second-order valence-corrected chi connectivity index (χ2v) is 8.32. The standard InChI is InChI=1S/C24H17Br2FN2O3/c1-31-22-11-15(9-17(13-28)24(30)29-19-7-4-6-18(25)12-19)10-20(26)23(22)32-14-16-5-2-3-8-21(16)27/h2-12H,14H2,1H3,(H,29,30)/b17-9-. The Morgan fingerprint density at radius 1 is 1.16 bits per heavy atom. The number of nitriles is 1. The Labute approximate surface area is 201 Å². The third-order valence-corrected chi connectivity index (χ3v) is 5.42. The summed E-state index contributed by atoms with van der Waals surface area (Å²) in [6.07, 6.45) is 1.45. The Hall–Kier alpha value is -3.15. The van der Waals surface area contributed by atoms with Gasteiger partial charge in [-0.3, -0.25) is 4.79 Å². The summed E-state index contributed by atoms with van der Waals surface area (Å²) in [7, 11) is 1.47. The molecule has 5 nitrogen and oxygen atoms in total. The molecule has 1 N–H and O–H groups in total. The van der Waals surface area contributed by atoms with Crippen LogP contribution < -0.4 is 14.8 Å². The molecule has 1 amide bonds. The molecule has 32 heavy (non-hydrogen) atoms. The first-order valence-corrected chi connectivity index (χ1v) is 10.9. The van der Waals surface area contributed by atoms with E-state index >= 15 is 0 Å². The topological polar surface area (TPSA) is 71.3 Å². The van der Waals surface area contributed by atoms with Crippen LogP contribution in [-0.2, 0) is 11.4 Å². The fraction of sp³-hybridized carbons (Fsp3) is 0.0833.